The zero-order valence-corrected chi connectivity index (χ0v) is 24.0. The number of likely N-dealkylation sites (N-methyl/N-ethyl adjacent to an activating group) is 1. The highest BCUT2D eigenvalue weighted by Gasteiger charge is 2.36. The number of hydrogen-bond donors (Lipinski definition) is 2. The van der Waals surface area contributed by atoms with Crippen molar-refractivity contribution in [3.8, 4) is 17.1 Å². The van der Waals surface area contributed by atoms with Crippen LogP contribution in [0.4, 0.5) is 17.1 Å². The Morgan fingerprint density at radius 1 is 1.17 bits per heavy atom. The average molecular weight is 557 g/mol. The molecule has 1 unspecified atom stereocenters. The Morgan fingerprint density at radius 3 is 2.78 bits per heavy atom. The van der Waals surface area contributed by atoms with Gasteiger partial charge in [-0.05, 0) is 88.9 Å². The Balaban J connectivity index is 1.38. The van der Waals surface area contributed by atoms with E-state index < -0.39 is 0 Å². The van der Waals surface area contributed by atoms with Crippen LogP contribution in [0.1, 0.15) is 41.7 Å². The van der Waals surface area contributed by atoms with E-state index in [2.05, 4.69) is 30.6 Å². The molecule has 2 aliphatic heterocycles. The number of carbonyl (C=O) groups excluding carboxylic acids is 2. The average Bonchev–Trinajstić information content (AvgIpc) is 3.62. The van der Waals surface area contributed by atoms with E-state index in [4.69, 9.17) is 4.74 Å². The van der Waals surface area contributed by atoms with Gasteiger partial charge in [0.15, 0.2) is 0 Å². The largest absolute Gasteiger partial charge is 0.477 e. The van der Waals surface area contributed by atoms with Crippen molar-refractivity contribution < 1.29 is 14.3 Å². The number of aromatic nitrogens is 3. The molecule has 0 radical (unpaired) electrons. The molecule has 2 N–H and O–H groups in total. The maximum atomic E-state index is 13.6. The zero-order chi connectivity index (χ0) is 28.7. The number of guanidine groups is 1. The highest BCUT2D eigenvalue weighted by atomic mass is 16.5. The van der Waals surface area contributed by atoms with Crippen molar-refractivity contribution in [3.05, 3.63) is 47.8 Å². The first-order chi connectivity index (χ1) is 19.7. The third-order valence-electron chi connectivity index (χ3n) is 7.77. The summed E-state index contributed by atoms with van der Waals surface area (Å²) in [6.45, 7) is 3.46. The number of benzene rings is 1. The van der Waals surface area contributed by atoms with E-state index in [0.29, 0.717) is 59.5 Å². The van der Waals surface area contributed by atoms with Gasteiger partial charge in [0.05, 0.1) is 42.0 Å². The lowest BCUT2D eigenvalue weighted by Gasteiger charge is -2.25. The number of carbonyl (C=O) groups is 2. The molecule has 0 saturated heterocycles. The number of rotatable bonds is 4. The molecule has 3 aliphatic rings. The Kier molecular flexibility index (Phi) is 7.21. The quantitative estimate of drug-likeness (QED) is 0.497. The standard InChI is InChI=1S/C30H36N8O3/c1-18-12-21-13-24(32-18)23-15-31-37(4)29(23)41-11-5-6-20(19-7-8-19)16-38-26-10-9-22(33-27(39)17-36(2)3)14-25(26)34-30(38)35-28(21)40/h9-10,12-15,19-20H,5-8,11,16-17H2,1-4H3,(H,33,39)(H,34,35,40). The first kappa shape index (κ1) is 26.9. The second kappa shape index (κ2) is 11.0. The van der Waals surface area contributed by atoms with Crippen LogP contribution in [0.3, 0.4) is 0 Å². The van der Waals surface area contributed by atoms with Gasteiger partial charge >= 0.3 is 0 Å². The molecule has 2 amide bonds. The van der Waals surface area contributed by atoms with Gasteiger partial charge in [-0.15, -0.1) is 0 Å². The summed E-state index contributed by atoms with van der Waals surface area (Å²) in [7, 11) is 5.57. The Morgan fingerprint density at radius 2 is 2.00 bits per heavy atom. The minimum atomic E-state index is -0.360. The number of nitrogens with one attached hydrogen (secondary N) is 2. The summed E-state index contributed by atoms with van der Waals surface area (Å²) in [4.78, 5) is 39.2. The summed E-state index contributed by atoms with van der Waals surface area (Å²) in [6.07, 6.45) is 6.05. The van der Waals surface area contributed by atoms with Gasteiger partial charge in [0.1, 0.15) is 0 Å². The summed E-state index contributed by atoms with van der Waals surface area (Å²) in [5, 5.41) is 10.7. The van der Waals surface area contributed by atoms with E-state index in [1.165, 1.54) is 12.8 Å². The van der Waals surface area contributed by atoms with Gasteiger partial charge in [0, 0.05) is 30.5 Å². The van der Waals surface area contributed by atoms with Gasteiger partial charge in [0.2, 0.25) is 17.7 Å². The number of ether oxygens (including phenoxy) is 1. The number of pyridine rings is 1. The molecule has 1 aromatic carbocycles. The molecular formula is C30H36N8O3. The summed E-state index contributed by atoms with van der Waals surface area (Å²) < 4.78 is 7.96. The van der Waals surface area contributed by atoms with Crippen molar-refractivity contribution in [3.63, 3.8) is 0 Å². The van der Waals surface area contributed by atoms with Crippen LogP contribution >= 0.6 is 0 Å². The molecule has 1 aliphatic carbocycles. The lowest BCUT2D eigenvalue weighted by molar-refractivity contribution is -0.116. The molecular weight excluding hydrogens is 520 g/mol. The third-order valence-corrected chi connectivity index (χ3v) is 7.77. The van der Waals surface area contributed by atoms with Crippen molar-refractivity contribution in [2.75, 3.05) is 49.3 Å². The fourth-order valence-electron chi connectivity index (χ4n) is 5.67. The SMILES string of the molecule is Cc1cc2cc(n1)-c1cnn(C)c1OCCCC(C1CC1)CN1/C(=N/C2=O)Nc2cc(NC(=O)CN(C)C)ccc21. The van der Waals surface area contributed by atoms with Gasteiger partial charge < -0.3 is 25.2 Å². The molecule has 11 heteroatoms. The van der Waals surface area contributed by atoms with Gasteiger partial charge in [-0.25, -0.2) is 4.68 Å². The van der Waals surface area contributed by atoms with Crippen LogP contribution in [0.15, 0.2) is 41.5 Å². The van der Waals surface area contributed by atoms with E-state index in [1.807, 2.05) is 51.2 Å². The van der Waals surface area contributed by atoms with Crippen LogP contribution in [0.25, 0.3) is 11.3 Å². The van der Waals surface area contributed by atoms with Crippen LogP contribution < -0.4 is 20.3 Å². The van der Waals surface area contributed by atoms with Gasteiger partial charge in [-0.2, -0.15) is 10.1 Å². The van der Waals surface area contributed by atoms with Gasteiger partial charge in [-0.3, -0.25) is 14.6 Å². The topological polar surface area (TPSA) is 117 Å². The molecule has 214 valence electrons. The molecule has 2 bridgehead atoms. The summed E-state index contributed by atoms with van der Waals surface area (Å²) >= 11 is 0. The van der Waals surface area contributed by atoms with Crippen LogP contribution in [-0.2, 0) is 11.8 Å². The maximum Gasteiger partial charge on any atom is 0.280 e. The second-order valence-corrected chi connectivity index (χ2v) is 11.5. The minimum Gasteiger partial charge on any atom is -0.477 e. The molecule has 3 aromatic rings. The first-order valence-electron chi connectivity index (χ1n) is 14.1. The van der Waals surface area contributed by atoms with E-state index in [0.717, 1.165) is 36.3 Å². The lowest BCUT2D eigenvalue weighted by atomic mass is 9.97. The Bertz CT molecular complexity index is 1520. The molecule has 41 heavy (non-hydrogen) atoms. The van der Waals surface area contributed by atoms with Crippen molar-refractivity contribution in [2.24, 2.45) is 23.9 Å². The zero-order valence-electron chi connectivity index (χ0n) is 24.0. The van der Waals surface area contributed by atoms with E-state index in [1.54, 1.807) is 23.0 Å². The molecule has 11 nitrogen and oxygen atoms in total. The lowest BCUT2D eigenvalue weighted by Crippen LogP contribution is -2.36. The van der Waals surface area contributed by atoms with E-state index >= 15 is 0 Å². The van der Waals surface area contributed by atoms with Crippen LogP contribution in [0.2, 0.25) is 0 Å². The number of nitrogens with zero attached hydrogens (tertiary/aromatic N) is 6. The molecule has 6 rings (SSSR count). The molecule has 1 atom stereocenters. The molecule has 4 heterocycles. The van der Waals surface area contributed by atoms with Crippen LogP contribution in [0.5, 0.6) is 5.88 Å². The molecule has 1 fully saturated rings. The number of anilines is 3. The van der Waals surface area contributed by atoms with E-state index in [-0.39, 0.29) is 11.8 Å². The number of hydrogen-bond acceptors (Lipinski definition) is 8. The third kappa shape index (κ3) is 5.81. The normalized spacial score (nSPS) is 20.0. The van der Waals surface area contributed by atoms with Crippen LogP contribution in [0, 0.1) is 18.8 Å². The fourth-order valence-corrected chi connectivity index (χ4v) is 5.67. The monoisotopic (exact) mass is 556 g/mol. The number of fused-ring (bicyclic) bond motifs is 7. The summed E-state index contributed by atoms with van der Waals surface area (Å²) in [6, 6.07) is 9.29. The van der Waals surface area contributed by atoms with Crippen molar-refractivity contribution in [2.45, 2.75) is 32.6 Å². The van der Waals surface area contributed by atoms with Crippen LogP contribution in [-0.4, -0.2) is 71.2 Å². The van der Waals surface area contributed by atoms with E-state index in [9.17, 15) is 9.59 Å². The predicted octanol–water partition coefficient (Wildman–Crippen LogP) is 3.92. The smallest absolute Gasteiger partial charge is 0.280 e. The molecule has 2 aromatic heterocycles. The number of aliphatic imine (C=N–C) groups is 1. The maximum absolute atomic E-state index is 13.6. The highest BCUT2D eigenvalue weighted by molar-refractivity contribution is 6.19. The Labute approximate surface area is 239 Å². The number of amides is 2. The van der Waals surface area contributed by atoms with Gasteiger partial charge in [0.25, 0.3) is 5.91 Å². The van der Waals surface area contributed by atoms with Crippen molar-refractivity contribution in [1.82, 2.24) is 19.7 Å². The predicted molar refractivity (Wildman–Crippen MR) is 158 cm³/mol. The van der Waals surface area contributed by atoms with Crippen molar-refractivity contribution in [1.29, 1.82) is 0 Å². The fraction of sp³-hybridized carbons (Fsp3) is 0.433. The minimum absolute atomic E-state index is 0.0908. The van der Waals surface area contributed by atoms with Gasteiger partial charge in [-0.1, -0.05) is 0 Å². The second-order valence-electron chi connectivity index (χ2n) is 11.5. The molecule has 0 spiro atoms. The summed E-state index contributed by atoms with van der Waals surface area (Å²) in [5.41, 5.74) is 4.97. The Hall–Kier alpha value is -4.25. The highest BCUT2D eigenvalue weighted by Crippen LogP contribution is 2.43. The number of aryl methyl sites for hydroxylation is 2. The van der Waals surface area contributed by atoms with Crippen molar-refractivity contribution >= 4 is 34.8 Å². The first-order valence-corrected chi connectivity index (χ1v) is 14.1. The summed E-state index contributed by atoms with van der Waals surface area (Å²) in [5.74, 6) is 1.76. The molecule has 1 saturated carbocycles.